The Kier molecular flexibility index (Phi) is 3.87. The van der Waals surface area contributed by atoms with Crippen molar-refractivity contribution in [2.24, 2.45) is 5.73 Å². The van der Waals surface area contributed by atoms with E-state index in [4.69, 9.17) is 19.5 Å². The molecular formula is C13H15N2O4P. The Morgan fingerprint density at radius 3 is 2.60 bits per heavy atom. The maximum Gasteiger partial charge on any atom is 0.343 e. The Balaban J connectivity index is 2.74. The Bertz CT molecular complexity index is 655. The summed E-state index contributed by atoms with van der Waals surface area (Å²) in [6.45, 7) is 1.84. The molecule has 1 heterocycles. The molecule has 0 aromatic heterocycles. The fourth-order valence-corrected chi connectivity index (χ4v) is 3.83. The lowest BCUT2D eigenvalue weighted by Gasteiger charge is -2.30. The lowest BCUT2D eigenvalue weighted by atomic mass is 10.00. The highest BCUT2D eigenvalue weighted by Crippen LogP contribution is 2.65. The molecule has 6 nitrogen and oxygen atoms in total. The van der Waals surface area contributed by atoms with E-state index in [0.29, 0.717) is 11.3 Å². The van der Waals surface area contributed by atoms with Gasteiger partial charge in [0.15, 0.2) is 0 Å². The fourth-order valence-electron chi connectivity index (χ4n) is 2.22. The predicted octanol–water partition coefficient (Wildman–Crippen LogP) is 2.61. The molecular weight excluding hydrogens is 279 g/mol. The summed E-state index contributed by atoms with van der Waals surface area (Å²) in [5, 5.41) is 9.28. The SMILES string of the molecule is COP(=O)(OC)C1C(C#N)=C(N)Oc2c(C)cccc21. The molecule has 2 rings (SSSR count). The van der Waals surface area contributed by atoms with E-state index in [1.54, 1.807) is 12.1 Å². The van der Waals surface area contributed by atoms with Crippen LogP contribution in [0.4, 0.5) is 0 Å². The smallest absolute Gasteiger partial charge is 0.343 e. The first-order valence-electron chi connectivity index (χ1n) is 5.86. The van der Waals surface area contributed by atoms with Crippen molar-refractivity contribution >= 4 is 7.60 Å². The van der Waals surface area contributed by atoms with Gasteiger partial charge in [-0.05, 0) is 12.5 Å². The zero-order valence-electron chi connectivity index (χ0n) is 11.4. The third kappa shape index (κ3) is 2.10. The number of nitrogens with two attached hydrogens (primary N) is 1. The number of fused-ring (bicyclic) bond motifs is 1. The number of benzene rings is 1. The quantitative estimate of drug-likeness (QED) is 0.861. The number of nitriles is 1. The molecule has 0 saturated carbocycles. The van der Waals surface area contributed by atoms with Gasteiger partial charge >= 0.3 is 7.60 Å². The number of nitrogens with zero attached hydrogens (tertiary/aromatic N) is 1. The standard InChI is InChI=1S/C13H15N2O4P/c1-8-5-4-6-9-11(8)19-13(15)10(7-14)12(9)20(16,17-2)18-3/h4-6,12H,15H2,1-3H3. The molecule has 0 radical (unpaired) electrons. The van der Waals surface area contributed by atoms with Crippen LogP contribution in [0, 0.1) is 18.3 Å². The largest absolute Gasteiger partial charge is 0.440 e. The second-order valence-electron chi connectivity index (χ2n) is 4.29. The average molecular weight is 294 g/mol. The average Bonchev–Trinajstić information content (AvgIpc) is 2.46. The van der Waals surface area contributed by atoms with Crippen LogP contribution >= 0.6 is 7.60 Å². The third-order valence-corrected chi connectivity index (χ3v) is 5.42. The second-order valence-corrected chi connectivity index (χ2v) is 6.62. The summed E-state index contributed by atoms with van der Waals surface area (Å²) in [6, 6.07) is 7.29. The molecule has 2 N–H and O–H groups in total. The molecule has 0 fully saturated rings. The Labute approximate surface area is 117 Å². The van der Waals surface area contributed by atoms with Crippen molar-refractivity contribution in [2.75, 3.05) is 14.2 Å². The van der Waals surface area contributed by atoms with Gasteiger partial charge < -0.3 is 19.5 Å². The molecule has 20 heavy (non-hydrogen) atoms. The topological polar surface area (TPSA) is 94.6 Å². The number of rotatable bonds is 3. The molecule has 0 aliphatic carbocycles. The normalized spacial score (nSPS) is 18.2. The van der Waals surface area contributed by atoms with E-state index in [2.05, 4.69) is 0 Å². The fraction of sp³-hybridized carbons (Fsp3) is 0.308. The van der Waals surface area contributed by atoms with E-state index in [9.17, 15) is 9.83 Å². The molecule has 1 aromatic rings. The van der Waals surface area contributed by atoms with Gasteiger partial charge in [-0.1, -0.05) is 18.2 Å². The summed E-state index contributed by atoms with van der Waals surface area (Å²) in [5.41, 5.74) is 6.34. The van der Waals surface area contributed by atoms with E-state index in [-0.39, 0.29) is 11.5 Å². The van der Waals surface area contributed by atoms with E-state index >= 15 is 0 Å². The van der Waals surface area contributed by atoms with Crippen molar-refractivity contribution in [2.45, 2.75) is 12.6 Å². The molecule has 106 valence electrons. The van der Waals surface area contributed by atoms with Crippen LogP contribution in [0.3, 0.4) is 0 Å². The summed E-state index contributed by atoms with van der Waals surface area (Å²) >= 11 is 0. The van der Waals surface area contributed by atoms with Crippen molar-refractivity contribution in [1.29, 1.82) is 5.26 Å². The molecule has 0 saturated heterocycles. The maximum atomic E-state index is 12.8. The van der Waals surface area contributed by atoms with Crippen LogP contribution in [0.15, 0.2) is 29.7 Å². The summed E-state index contributed by atoms with van der Waals surface area (Å²) < 4.78 is 28.3. The molecule has 1 atom stereocenters. The third-order valence-electron chi connectivity index (χ3n) is 3.23. The highest BCUT2D eigenvalue weighted by Gasteiger charge is 2.44. The first kappa shape index (κ1) is 14.6. The van der Waals surface area contributed by atoms with Gasteiger partial charge in [0.25, 0.3) is 0 Å². The van der Waals surface area contributed by atoms with Gasteiger partial charge in [-0.3, -0.25) is 4.57 Å². The molecule has 1 unspecified atom stereocenters. The van der Waals surface area contributed by atoms with Crippen molar-refractivity contribution < 1.29 is 18.3 Å². The monoisotopic (exact) mass is 294 g/mol. The summed E-state index contributed by atoms with van der Waals surface area (Å²) in [4.78, 5) is 0. The van der Waals surface area contributed by atoms with E-state index in [0.717, 1.165) is 5.56 Å². The van der Waals surface area contributed by atoms with Crippen molar-refractivity contribution in [3.63, 3.8) is 0 Å². The number of para-hydroxylation sites is 1. The van der Waals surface area contributed by atoms with Crippen LogP contribution in [-0.2, 0) is 13.6 Å². The number of aryl methyl sites for hydroxylation is 1. The van der Waals surface area contributed by atoms with Crippen LogP contribution in [0.25, 0.3) is 0 Å². The number of allylic oxidation sites excluding steroid dienone is 1. The highest BCUT2D eigenvalue weighted by molar-refractivity contribution is 7.54. The summed E-state index contributed by atoms with van der Waals surface area (Å²) in [5.74, 6) is 0.414. The van der Waals surface area contributed by atoms with Crippen molar-refractivity contribution in [1.82, 2.24) is 0 Å². The molecule has 0 spiro atoms. The molecule has 1 aliphatic rings. The van der Waals surface area contributed by atoms with Crippen LogP contribution in [0.5, 0.6) is 5.75 Å². The Hall–Kier alpha value is -1.80. The van der Waals surface area contributed by atoms with Gasteiger partial charge in [0, 0.05) is 19.8 Å². The molecule has 1 aliphatic heterocycles. The maximum absolute atomic E-state index is 12.8. The zero-order valence-corrected chi connectivity index (χ0v) is 12.3. The van der Waals surface area contributed by atoms with Crippen LogP contribution in [0.1, 0.15) is 16.8 Å². The molecule has 1 aromatic carbocycles. The minimum absolute atomic E-state index is 0.0510. The zero-order chi connectivity index (χ0) is 14.9. The lowest BCUT2D eigenvalue weighted by molar-refractivity contribution is 0.266. The molecule has 0 amide bonds. The van der Waals surface area contributed by atoms with Crippen LogP contribution < -0.4 is 10.5 Å². The first-order valence-corrected chi connectivity index (χ1v) is 7.48. The minimum Gasteiger partial charge on any atom is -0.440 e. The summed E-state index contributed by atoms with van der Waals surface area (Å²) in [6.07, 6.45) is 0. The van der Waals surface area contributed by atoms with Crippen LogP contribution in [0.2, 0.25) is 0 Å². The van der Waals surface area contributed by atoms with Crippen molar-refractivity contribution in [3.05, 3.63) is 40.8 Å². The van der Waals surface area contributed by atoms with Gasteiger partial charge in [0.2, 0.25) is 5.88 Å². The van der Waals surface area contributed by atoms with E-state index < -0.39 is 13.3 Å². The first-order chi connectivity index (χ1) is 9.48. The van der Waals surface area contributed by atoms with E-state index in [1.165, 1.54) is 14.2 Å². The van der Waals surface area contributed by atoms with Crippen LogP contribution in [-0.4, -0.2) is 14.2 Å². The van der Waals surface area contributed by atoms with Gasteiger partial charge in [0.1, 0.15) is 23.1 Å². The number of ether oxygens (including phenoxy) is 1. The predicted molar refractivity (Wildman–Crippen MR) is 73.0 cm³/mol. The number of hydrogen-bond donors (Lipinski definition) is 1. The van der Waals surface area contributed by atoms with Gasteiger partial charge in [-0.15, -0.1) is 0 Å². The van der Waals surface area contributed by atoms with Gasteiger partial charge in [-0.2, -0.15) is 5.26 Å². The van der Waals surface area contributed by atoms with Crippen molar-refractivity contribution in [3.8, 4) is 11.8 Å². The Morgan fingerprint density at radius 2 is 2.05 bits per heavy atom. The van der Waals surface area contributed by atoms with Gasteiger partial charge in [-0.25, -0.2) is 0 Å². The lowest BCUT2D eigenvalue weighted by Crippen LogP contribution is -2.21. The molecule has 7 heteroatoms. The number of hydrogen-bond acceptors (Lipinski definition) is 6. The van der Waals surface area contributed by atoms with E-state index in [1.807, 2.05) is 19.1 Å². The highest BCUT2D eigenvalue weighted by atomic mass is 31.2. The van der Waals surface area contributed by atoms with Gasteiger partial charge in [0.05, 0.1) is 0 Å². The second kappa shape index (κ2) is 5.29. The Morgan fingerprint density at radius 1 is 1.40 bits per heavy atom. The minimum atomic E-state index is -3.56. The summed E-state index contributed by atoms with van der Waals surface area (Å²) in [7, 11) is -1.00. The molecule has 0 bridgehead atoms.